The lowest BCUT2D eigenvalue weighted by atomic mass is 10.2. The molecule has 2 aromatic rings. The summed E-state index contributed by atoms with van der Waals surface area (Å²) in [6.07, 6.45) is 0. The number of phenolic OH excluding ortho intramolecular Hbond substituents is 1. The monoisotopic (exact) mass is 291 g/mol. The van der Waals surface area contributed by atoms with Gasteiger partial charge in [0, 0.05) is 11.8 Å². The molecular weight excluding hydrogens is 281 g/mol. The number of carbonyl (C=O) groups is 1. The van der Waals surface area contributed by atoms with E-state index in [-0.39, 0.29) is 17.1 Å². The molecule has 0 atom stereocenters. The lowest BCUT2D eigenvalue weighted by Crippen LogP contribution is -2.19. The highest BCUT2D eigenvalue weighted by Crippen LogP contribution is 2.27. The quantitative estimate of drug-likeness (QED) is 0.459. The number of nitro groups is 1. The molecule has 0 bridgehead atoms. The van der Waals surface area contributed by atoms with Crippen LogP contribution >= 0.6 is 0 Å². The van der Waals surface area contributed by atoms with Gasteiger partial charge in [0.15, 0.2) is 0 Å². The Bertz CT molecular complexity index is 706. The summed E-state index contributed by atoms with van der Waals surface area (Å²) in [4.78, 5) is 21.5. The summed E-state index contributed by atoms with van der Waals surface area (Å²) in [5.41, 5.74) is -0.0769. The Morgan fingerprint density at radius 3 is 2.57 bits per heavy atom. The maximum Gasteiger partial charge on any atom is 0.323 e. The highest BCUT2D eigenvalue weighted by atomic mass is 19.1. The number of aromatic hydroxyl groups is 1. The highest BCUT2D eigenvalue weighted by Gasteiger charge is 2.12. The van der Waals surface area contributed by atoms with Crippen LogP contribution in [0, 0.1) is 15.9 Å². The normalized spacial score (nSPS) is 9.95. The van der Waals surface area contributed by atoms with E-state index in [0.29, 0.717) is 0 Å². The van der Waals surface area contributed by atoms with Gasteiger partial charge in [-0.15, -0.1) is 0 Å². The first-order valence-corrected chi connectivity index (χ1v) is 5.76. The van der Waals surface area contributed by atoms with Gasteiger partial charge in [0.1, 0.15) is 11.6 Å². The molecule has 0 unspecified atom stereocenters. The van der Waals surface area contributed by atoms with E-state index in [4.69, 9.17) is 0 Å². The first-order valence-electron chi connectivity index (χ1n) is 5.76. The van der Waals surface area contributed by atoms with Crippen LogP contribution in [0.25, 0.3) is 0 Å². The predicted octanol–water partition coefficient (Wildman–Crippen LogP) is 3.08. The van der Waals surface area contributed by atoms with E-state index in [1.807, 2.05) is 0 Å². The molecule has 0 aliphatic heterocycles. The van der Waals surface area contributed by atoms with Gasteiger partial charge >= 0.3 is 6.03 Å². The van der Waals surface area contributed by atoms with Crippen LogP contribution in [0.2, 0.25) is 0 Å². The van der Waals surface area contributed by atoms with Gasteiger partial charge in [-0.3, -0.25) is 10.1 Å². The van der Waals surface area contributed by atoms with Crippen molar-refractivity contribution in [2.75, 3.05) is 10.6 Å². The summed E-state index contributed by atoms with van der Waals surface area (Å²) in [5, 5.41) is 24.8. The van der Waals surface area contributed by atoms with Crippen molar-refractivity contribution in [1.82, 2.24) is 0 Å². The second-order valence-electron chi connectivity index (χ2n) is 4.05. The van der Waals surface area contributed by atoms with E-state index in [1.54, 1.807) is 0 Å². The highest BCUT2D eigenvalue weighted by molar-refractivity contribution is 6.00. The third-order valence-electron chi connectivity index (χ3n) is 2.52. The second-order valence-corrected chi connectivity index (χ2v) is 4.05. The van der Waals surface area contributed by atoms with Gasteiger partial charge in [0.25, 0.3) is 5.69 Å². The number of anilines is 2. The number of phenols is 1. The minimum atomic E-state index is -0.718. The molecule has 0 spiro atoms. The van der Waals surface area contributed by atoms with Crippen LogP contribution < -0.4 is 10.6 Å². The SMILES string of the molecule is O=C(Nc1cccc(F)c1)Nc1ccc([N+](=O)[O-])cc1O. The van der Waals surface area contributed by atoms with Gasteiger partial charge in [-0.25, -0.2) is 9.18 Å². The summed E-state index contributed by atoms with van der Waals surface area (Å²) in [6.45, 7) is 0. The van der Waals surface area contributed by atoms with Gasteiger partial charge < -0.3 is 15.7 Å². The van der Waals surface area contributed by atoms with E-state index in [0.717, 1.165) is 18.2 Å². The first kappa shape index (κ1) is 14.3. The number of benzene rings is 2. The number of nitrogens with one attached hydrogen (secondary N) is 2. The van der Waals surface area contributed by atoms with Crippen LogP contribution in [0.5, 0.6) is 5.75 Å². The Morgan fingerprint density at radius 1 is 1.19 bits per heavy atom. The third-order valence-corrected chi connectivity index (χ3v) is 2.52. The number of carbonyl (C=O) groups excluding carboxylic acids is 1. The largest absolute Gasteiger partial charge is 0.506 e. The molecule has 0 heterocycles. The number of non-ortho nitro benzene ring substituents is 1. The van der Waals surface area contributed by atoms with Gasteiger partial charge in [0.05, 0.1) is 16.7 Å². The fourth-order valence-corrected chi connectivity index (χ4v) is 1.59. The Morgan fingerprint density at radius 2 is 1.95 bits per heavy atom. The van der Waals surface area contributed by atoms with E-state index in [2.05, 4.69) is 10.6 Å². The van der Waals surface area contributed by atoms with Crippen molar-refractivity contribution >= 4 is 23.1 Å². The van der Waals surface area contributed by atoms with Crippen LogP contribution in [-0.4, -0.2) is 16.1 Å². The molecule has 0 aliphatic rings. The van der Waals surface area contributed by atoms with Crippen molar-refractivity contribution in [2.45, 2.75) is 0 Å². The van der Waals surface area contributed by atoms with Crippen LogP contribution in [0.4, 0.5) is 26.2 Å². The molecule has 8 heteroatoms. The number of nitro benzene ring substituents is 1. The Balaban J connectivity index is 2.08. The van der Waals surface area contributed by atoms with Crippen molar-refractivity contribution in [3.8, 4) is 5.75 Å². The van der Waals surface area contributed by atoms with Gasteiger partial charge in [0.2, 0.25) is 0 Å². The van der Waals surface area contributed by atoms with E-state index in [1.165, 1.54) is 24.3 Å². The van der Waals surface area contributed by atoms with Crippen molar-refractivity contribution in [3.05, 3.63) is 58.4 Å². The minimum absolute atomic E-state index is 0.00509. The summed E-state index contributed by atoms with van der Waals surface area (Å²) in [7, 11) is 0. The van der Waals surface area contributed by atoms with Crippen LogP contribution in [0.15, 0.2) is 42.5 Å². The number of amides is 2. The van der Waals surface area contributed by atoms with Crippen molar-refractivity contribution in [2.24, 2.45) is 0 Å². The smallest absolute Gasteiger partial charge is 0.323 e. The molecule has 2 aromatic carbocycles. The van der Waals surface area contributed by atoms with E-state index < -0.39 is 22.5 Å². The number of urea groups is 1. The summed E-state index contributed by atoms with van der Waals surface area (Å²) in [5.74, 6) is -0.954. The zero-order valence-electron chi connectivity index (χ0n) is 10.5. The molecule has 3 N–H and O–H groups in total. The van der Waals surface area contributed by atoms with E-state index in [9.17, 15) is 24.4 Å². The fourth-order valence-electron chi connectivity index (χ4n) is 1.59. The molecule has 0 aliphatic carbocycles. The number of hydrogen-bond acceptors (Lipinski definition) is 4. The fraction of sp³-hybridized carbons (Fsp3) is 0. The van der Waals surface area contributed by atoms with Crippen molar-refractivity contribution < 1.29 is 19.2 Å². The average Bonchev–Trinajstić information content (AvgIpc) is 2.40. The molecule has 7 nitrogen and oxygen atoms in total. The second kappa shape index (κ2) is 5.87. The minimum Gasteiger partial charge on any atom is -0.506 e. The van der Waals surface area contributed by atoms with Crippen molar-refractivity contribution in [1.29, 1.82) is 0 Å². The third kappa shape index (κ3) is 3.66. The Labute approximate surface area is 118 Å². The van der Waals surface area contributed by atoms with Gasteiger partial charge in [-0.05, 0) is 24.3 Å². The Hall–Kier alpha value is -3.16. The summed E-state index contributed by atoms with van der Waals surface area (Å²) >= 11 is 0. The molecule has 0 saturated heterocycles. The standard InChI is InChI=1S/C13H10FN3O4/c14-8-2-1-3-9(6-8)15-13(19)16-11-5-4-10(17(20)21)7-12(11)18/h1-7,18H,(H2,15,16,19). The maximum absolute atomic E-state index is 13.0. The molecule has 108 valence electrons. The zero-order chi connectivity index (χ0) is 15.4. The molecule has 2 amide bonds. The molecule has 2 rings (SSSR count). The summed E-state index contributed by atoms with van der Waals surface area (Å²) in [6, 6.07) is 7.78. The van der Waals surface area contributed by atoms with Crippen LogP contribution in [0.3, 0.4) is 0 Å². The number of hydrogen-bond donors (Lipinski definition) is 3. The van der Waals surface area contributed by atoms with Crippen LogP contribution in [-0.2, 0) is 0 Å². The molecule has 21 heavy (non-hydrogen) atoms. The number of nitrogens with zero attached hydrogens (tertiary/aromatic N) is 1. The van der Waals surface area contributed by atoms with Gasteiger partial charge in [-0.1, -0.05) is 6.07 Å². The molecule has 0 saturated carbocycles. The molecular formula is C13H10FN3O4. The Kier molecular flexibility index (Phi) is 3.98. The zero-order valence-corrected chi connectivity index (χ0v) is 10.5. The lowest BCUT2D eigenvalue weighted by Gasteiger charge is -2.09. The number of halogens is 1. The first-order chi connectivity index (χ1) is 9.95. The van der Waals surface area contributed by atoms with Crippen LogP contribution in [0.1, 0.15) is 0 Å². The van der Waals surface area contributed by atoms with E-state index >= 15 is 0 Å². The molecule has 0 radical (unpaired) electrons. The van der Waals surface area contributed by atoms with Crippen molar-refractivity contribution in [3.63, 3.8) is 0 Å². The summed E-state index contributed by atoms with van der Waals surface area (Å²) < 4.78 is 13.0. The van der Waals surface area contributed by atoms with Gasteiger partial charge in [-0.2, -0.15) is 0 Å². The molecule has 0 aromatic heterocycles. The number of rotatable bonds is 3. The maximum atomic E-state index is 13.0. The average molecular weight is 291 g/mol. The lowest BCUT2D eigenvalue weighted by molar-refractivity contribution is -0.384. The topological polar surface area (TPSA) is 104 Å². The molecule has 0 fully saturated rings. The predicted molar refractivity (Wildman–Crippen MR) is 73.8 cm³/mol.